The van der Waals surface area contributed by atoms with Crippen molar-refractivity contribution < 1.29 is 9.59 Å². The lowest BCUT2D eigenvalue weighted by Crippen LogP contribution is -2.31. The molecule has 2 amide bonds. The Bertz CT molecular complexity index is 844. The summed E-state index contributed by atoms with van der Waals surface area (Å²) in [6.07, 6.45) is 2.05. The molecule has 0 spiro atoms. The van der Waals surface area contributed by atoms with E-state index in [-0.39, 0.29) is 24.8 Å². The Morgan fingerprint density at radius 1 is 1.32 bits per heavy atom. The molecule has 0 unspecified atom stereocenters. The minimum absolute atomic E-state index is 0.133. The Hall–Kier alpha value is -1.96. The largest absolute Gasteiger partial charge is 0.326 e. The first kappa shape index (κ1) is 17.8. The monoisotopic (exact) mass is 388 g/mol. The van der Waals surface area contributed by atoms with Crippen LogP contribution >= 0.6 is 35.3 Å². The molecule has 0 atom stereocenters. The molecule has 2 aromatic rings. The molecule has 0 aliphatic carbocycles. The number of thiocarbonyl (C=S) groups is 1. The number of thiophene rings is 1. The summed E-state index contributed by atoms with van der Waals surface area (Å²) in [5, 5.41) is 4.80. The average Bonchev–Trinajstić information content (AvgIpc) is 3.15. The van der Waals surface area contributed by atoms with Gasteiger partial charge in [-0.25, -0.2) is 0 Å². The number of aryl methyl sites for hydroxylation is 1. The number of carbonyl (C=O) groups excluding carboxylic acids is 2. The van der Waals surface area contributed by atoms with Crippen molar-refractivity contribution in [3.63, 3.8) is 0 Å². The van der Waals surface area contributed by atoms with Crippen molar-refractivity contribution in [3.8, 4) is 0 Å². The van der Waals surface area contributed by atoms with Crippen molar-refractivity contribution in [1.29, 1.82) is 0 Å². The lowest BCUT2D eigenvalue weighted by Gasteiger charge is -2.14. The highest BCUT2D eigenvalue weighted by Gasteiger charge is 2.32. The molecule has 0 saturated carbocycles. The molecule has 0 bridgehead atoms. The van der Waals surface area contributed by atoms with Gasteiger partial charge in [0.1, 0.15) is 4.32 Å². The summed E-state index contributed by atoms with van der Waals surface area (Å²) in [5.41, 5.74) is 1.83. The maximum atomic E-state index is 12.5. The van der Waals surface area contributed by atoms with E-state index in [4.69, 9.17) is 12.2 Å². The highest BCUT2D eigenvalue weighted by molar-refractivity contribution is 8.26. The van der Waals surface area contributed by atoms with Gasteiger partial charge in [0.15, 0.2) is 0 Å². The molecular weight excluding hydrogens is 372 g/mol. The number of hydrogen-bond acceptors (Lipinski definition) is 5. The molecule has 2 heterocycles. The summed E-state index contributed by atoms with van der Waals surface area (Å²) in [4.78, 5) is 27.7. The average molecular weight is 389 g/mol. The fourth-order valence-electron chi connectivity index (χ4n) is 2.36. The van der Waals surface area contributed by atoms with Crippen LogP contribution < -0.4 is 5.32 Å². The van der Waals surface area contributed by atoms with E-state index in [9.17, 15) is 9.59 Å². The molecule has 7 heteroatoms. The van der Waals surface area contributed by atoms with Crippen LogP contribution in [0.1, 0.15) is 16.9 Å². The van der Waals surface area contributed by atoms with E-state index in [0.717, 1.165) is 16.1 Å². The zero-order chi connectivity index (χ0) is 17.8. The summed E-state index contributed by atoms with van der Waals surface area (Å²) < 4.78 is 0.496. The predicted molar refractivity (Wildman–Crippen MR) is 109 cm³/mol. The molecule has 1 fully saturated rings. The van der Waals surface area contributed by atoms with Gasteiger partial charge >= 0.3 is 0 Å². The fraction of sp³-hybridized carbons (Fsp3) is 0.167. The number of rotatable bonds is 5. The fourth-order valence-corrected chi connectivity index (χ4v) is 4.39. The molecule has 1 aliphatic heterocycles. The maximum absolute atomic E-state index is 12.5. The van der Waals surface area contributed by atoms with Gasteiger partial charge in [0.05, 0.1) is 4.91 Å². The predicted octanol–water partition coefficient (Wildman–Crippen LogP) is 4.29. The minimum Gasteiger partial charge on any atom is -0.326 e. The Morgan fingerprint density at radius 2 is 2.16 bits per heavy atom. The van der Waals surface area contributed by atoms with Crippen LogP contribution in [0.2, 0.25) is 0 Å². The summed E-state index contributed by atoms with van der Waals surface area (Å²) in [6, 6.07) is 11.5. The molecule has 128 valence electrons. The zero-order valence-corrected chi connectivity index (χ0v) is 16.0. The van der Waals surface area contributed by atoms with E-state index in [2.05, 4.69) is 5.32 Å². The van der Waals surface area contributed by atoms with Gasteiger partial charge in [-0.15, -0.1) is 11.3 Å². The number of hydrogen-bond donors (Lipinski definition) is 1. The van der Waals surface area contributed by atoms with Gasteiger partial charge in [0, 0.05) is 23.5 Å². The summed E-state index contributed by atoms with van der Waals surface area (Å²) in [6.45, 7) is 2.25. The highest BCUT2D eigenvalue weighted by Crippen LogP contribution is 2.33. The Kier molecular flexibility index (Phi) is 5.67. The van der Waals surface area contributed by atoms with Crippen LogP contribution in [-0.4, -0.2) is 27.6 Å². The normalized spacial score (nSPS) is 15.9. The quantitative estimate of drug-likeness (QED) is 0.613. The topological polar surface area (TPSA) is 49.4 Å². The number of carbonyl (C=O) groups is 2. The van der Waals surface area contributed by atoms with E-state index in [1.165, 1.54) is 16.7 Å². The van der Waals surface area contributed by atoms with Crippen molar-refractivity contribution >= 4 is 63.2 Å². The van der Waals surface area contributed by atoms with E-state index in [1.807, 2.05) is 54.8 Å². The van der Waals surface area contributed by atoms with Crippen LogP contribution in [-0.2, 0) is 9.59 Å². The maximum Gasteiger partial charge on any atom is 0.266 e. The zero-order valence-electron chi connectivity index (χ0n) is 13.5. The van der Waals surface area contributed by atoms with Crippen molar-refractivity contribution in [1.82, 2.24) is 4.90 Å². The van der Waals surface area contributed by atoms with Gasteiger partial charge in [0.25, 0.3) is 5.91 Å². The molecule has 25 heavy (non-hydrogen) atoms. The molecule has 1 aliphatic rings. The molecule has 0 radical (unpaired) electrons. The molecule has 1 N–H and O–H groups in total. The van der Waals surface area contributed by atoms with E-state index < -0.39 is 0 Å². The molecule has 1 saturated heterocycles. The van der Waals surface area contributed by atoms with Crippen molar-refractivity contribution in [2.45, 2.75) is 13.3 Å². The second-order valence-electron chi connectivity index (χ2n) is 5.52. The van der Waals surface area contributed by atoms with Gasteiger partial charge in [-0.3, -0.25) is 14.5 Å². The minimum atomic E-state index is -0.137. The summed E-state index contributed by atoms with van der Waals surface area (Å²) in [7, 11) is 0. The summed E-state index contributed by atoms with van der Waals surface area (Å²) >= 11 is 8.14. The number of anilines is 1. The third-order valence-corrected chi connectivity index (χ3v) is 5.75. The Morgan fingerprint density at radius 3 is 2.88 bits per heavy atom. The van der Waals surface area contributed by atoms with E-state index >= 15 is 0 Å². The van der Waals surface area contributed by atoms with Gasteiger partial charge < -0.3 is 5.32 Å². The van der Waals surface area contributed by atoms with Crippen molar-refractivity contribution in [2.75, 3.05) is 11.9 Å². The number of benzene rings is 1. The number of nitrogens with zero attached hydrogens (tertiary/aromatic N) is 1. The number of amides is 2. The van der Waals surface area contributed by atoms with Gasteiger partial charge in [-0.1, -0.05) is 42.2 Å². The molecule has 4 nitrogen and oxygen atoms in total. The van der Waals surface area contributed by atoms with Crippen molar-refractivity contribution in [3.05, 3.63) is 57.1 Å². The van der Waals surface area contributed by atoms with Crippen molar-refractivity contribution in [2.24, 2.45) is 0 Å². The van der Waals surface area contributed by atoms with Crippen LogP contribution in [0.25, 0.3) is 6.08 Å². The Balaban J connectivity index is 1.58. The number of thioether (sulfide) groups is 1. The molecule has 1 aromatic heterocycles. The van der Waals surface area contributed by atoms with E-state index in [0.29, 0.717) is 9.23 Å². The van der Waals surface area contributed by atoms with Crippen LogP contribution in [0.15, 0.2) is 46.7 Å². The third kappa shape index (κ3) is 4.56. The molecular formula is C18H16N2O2S3. The lowest BCUT2D eigenvalue weighted by molar-refractivity contribution is -0.122. The van der Waals surface area contributed by atoms with Crippen LogP contribution in [0, 0.1) is 6.92 Å². The first-order chi connectivity index (χ1) is 12.0. The van der Waals surface area contributed by atoms with Gasteiger partial charge in [-0.2, -0.15) is 0 Å². The smallest absolute Gasteiger partial charge is 0.266 e. The third-order valence-electron chi connectivity index (χ3n) is 3.55. The van der Waals surface area contributed by atoms with E-state index in [1.54, 1.807) is 11.3 Å². The molecule has 1 aromatic carbocycles. The summed E-state index contributed by atoms with van der Waals surface area (Å²) in [5.74, 6) is -0.270. The van der Waals surface area contributed by atoms with Crippen LogP contribution in [0.5, 0.6) is 0 Å². The highest BCUT2D eigenvalue weighted by atomic mass is 32.2. The number of nitrogens with one attached hydrogen (secondary N) is 1. The standard InChI is InChI=1S/C18H16N2O2S3/c1-12-4-2-5-13(10-12)19-16(21)7-8-20-17(22)15(25-18(20)23)11-14-6-3-9-24-14/h2-6,9-11H,7-8H2,1H3,(H,19,21)/b15-11+. The van der Waals surface area contributed by atoms with Crippen LogP contribution in [0.3, 0.4) is 0 Å². The SMILES string of the molecule is Cc1cccc(NC(=O)CCN2C(=O)/C(=C\c3cccs3)SC2=S)c1. The second-order valence-corrected chi connectivity index (χ2v) is 8.17. The molecule has 3 rings (SSSR count). The lowest BCUT2D eigenvalue weighted by atomic mass is 10.2. The van der Waals surface area contributed by atoms with Crippen LogP contribution in [0.4, 0.5) is 5.69 Å². The second kappa shape index (κ2) is 7.95. The van der Waals surface area contributed by atoms with Gasteiger partial charge in [-0.05, 0) is 42.1 Å². The van der Waals surface area contributed by atoms with Gasteiger partial charge in [0.2, 0.25) is 5.91 Å². The first-order valence-electron chi connectivity index (χ1n) is 7.68. The Labute approximate surface area is 159 Å². The first-order valence-corrected chi connectivity index (χ1v) is 9.79.